The van der Waals surface area contributed by atoms with Gasteiger partial charge in [0.1, 0.15) is 36.9 Å². The molecule has 0 heterocycles. The second kappa shape index (κ2) is 48.5. The molecule has 0 saturated heterocycles. The number of carbonyl (C=O) groups is 11. The molecule has 0 bridgehead atoms. The fourth-order valence-corrected chi connectivity index (χ4v) is 7.81. The molecule has 4 atom stereocenters. The SMILES string of the molecule is CC(=O)[C@@H](C)CCCCNC(=O)CC[C@H](CC(=O)CC[C@@H](NC(=O)COCCOCCNC(=O)COCCOCCNC(=O)CC[C@H](NC(=O)CCCCCCCCCCCCCCCCC(=O)O)C(=O)O)C(=O)O)C(=O)O.[HH]. The van der Waals surface area contributed by atoms with Crippen LogP contribution in [-0.4, -0.2) is 170 Å². The van der Waals surface area contributed by atoms with Crippen LogP contribution < -0.4 is 26.6 Å². The molecule has 0 fully saturated rings. The van der Waals surface area contributed by atoms with E-state index in [0.717, 1.165) is 57.8 Å². The zero-order valence-corrected chi connectivity index (χ0v) is 46.4. The number of carboxylic acids is 4. The topological polar surface area (TPSA) is 366 Å². The Kier molecular flexibility index (Phi) is 45.1. The van der Waals surface area contributed by atoms with E-state index in [0.29, 0.717) is 25.8 Å². The van der Waals surface area contributed by atoms with Gasteiger partial charge in [0.25, 0.3) is 0 Å². The van der Waals surface area contributed by atoms with E-state index in [1.165, 1.54) is 39.0 Å². The third-order valence-corrected chi connectivity index (χ3v) is 12.7. The van der Waals surface area contributed by atoms with E-state index in [-0.39, 0.29) is 136 Å². The van der Waals surface area contributed by atoms with Crippen LogP contribution in [-0.2, 0) is 71.7 Å². The lowest BCUT2D eigenvalue weighted by Crippen LogP contribution is -2.43. The molecule has 24 heteroatoms. The Morgan fingerprint density at radius 3 is 1.31 bits per heavy atom. The number of aliphatic carboxylic acids is 4. The lowest BCUT2D eigenvalue weighted by atomic mass is 9.94. The highest BCUT2D eigenvalue weighted by molar-refractivity contribution is 5.87. The van der Waals surface area contributed by atoms with Gasteiger partial charge in [0, 0.05) is 65.5 Å². The van der Waals surface area contributed by atoms with E-state index in [9.17, 15) is 68.1 Å². The largest absolute Gasteiger partial charge is 0.481 e. The van der Waals surface area contributed by atoms with Gasteiger partial charge in [-0.25, -0.2) is 9.59 Å². The third kappa shape index (κ3) is 45.4. The summed E-state index contributed by atoms with van der Waals surface area (Å²) in [6.45, 7) is 3.82. The monoisotopic (exact) mass is 1120 g/mol. The Bertz CT molecular complexity index is 1780. The molecule has 0 saturated carbocycles. The summed E-state index contributed by atoms with van der Waals surface area (Å²) in [4.78, 5) is 131. The third-order valence-electron chi connectivity index (χ3n) is 12.7. The van der Waals surface area contributed by atoms with E-state index in [1.807, 2.05) is 6.92 Å². The number of ether oxygens (including phenoxy) is 4. The molecule has 24 nitrogen and oxygen atoms in total. The summed E-state index contributed by atoms with van der Waals surface area (Å²) >= 11 is 0. The molecular formula is C54H95N5O19. The minimum absolute atomic E-state index is 0. The number of hydrogen-bond donors (Lipinski definition) is 9. The first-order valence-electron chi connectivity index (χ1n) is 27.9. The Morgan fingerprint density at radius 1 is 0.397 bits per heavy atom. The van der Waals surface area contributed by atoms with Crippen molar-refractivity contribution in [2.24, 2.45) is 11.8 Å². The van der Waals surface area contributed by atoms with Gasteiger partial charge < -0.3 is 66.0 Å². The van der Waals surface area contributed by atoms with Crippen molar-refractivity contribution in [1.29, 1.82) is 0 Å². The summed E-state index contributed by atoms with van der Waals surface area (Å²) in [5.41, 5.74) is 0. The number of ketones is 2. The van der Waals surface area contributed by atoms with E-state index >= 15 is 0 Å². The van der Waals surface area contributed by atoms with Crippen molar-refractivity contribution in [3.8, 4) is 0 Å². The first-order valence-corrected chi connectivity index (χ1v) is 27.9. The van der Waals surface area contributed by atoms with Crippen LogP contribution >= 0.6 is 0 Å². The summed E-state index contributed by atoms with van der Waals surface area (Å²) in [6.07, 6.45) is 16.0. The maximum absolute atomic E-state index is 12.6. The van der Waals surface area contributed by atoms with Gasteiger partial charge >= 0.3 is 23.9 Å². The maximum Gasteiger partial charge on any atom is 0.326 e. The van der Waals surface area contributed by atoms with Crippen molar-refractivity contribution in [2.75, 3.05) is 72.5 Å². The van der Waals surface area contributed by atoms with Crippen molar-refractivity contribution < 1.29 is 93.5 Å². The zero-order chi connectivity index (χ0) is 58.2. The molecular weight excluding hydrogens is 1020 g/mol. The molecule has 78 heavy (non-hydrogen) atoms. The smallest absolute Gasteiger partial charge is 0.326 e. The van der Waals surface area contributed by atoms with E-state index in [4.69, 9.17) is 24.1 Å². The summed E-state index contributed by atoms with van der Waals surface area (Å²) in [5, 5.41) is 50.0. The predicted octanol–water partition coefficient (Wildman–Crippen LogP) is 4.51. The van der Waals surface area contributed by atoms with Crippen LogP contribution in [0.4, 0.5) is 0 Å². The second-order valence-corrected chi connectivity index (χ2v) is 19.5. The van der Waals surface area contributed by atoms with Gasteiger partial charge in [0.15, 0.2) is 0 Å². The van der Waals surface area contributed by atoms with Crippen molar-refractivity contribution in [2.45, 2.75) is 193 Å². The highest BCUT2D eigenvalue weighted by Gasteiger charge is 2.26. The molecule has 0 unspecified atom stereocenters. The van der Waals surface area contributed by atoms with Crippen LogP contribution in [0.1, 0.15) is 182 Å². The van der Waals surface area contributed by atoms with Gasteiger partial charge in [0.2, 0.25) is 29.5 Å². The van der Waals surface area contributed by atoms with Crippen LogP contribution in [0, 0.1) is 11.8 Å². The number of unbranched alkanes of at least 4 members (excludes halogenated alkanes) is 14. The zero-order valence-electron chi connectivity index (χ0n) is 46.4. The van der Waals surface area contributed by atoms with Crippen LogP contribution in [0.25, 0.3) is 0 Å². The number of Topliss-reactive ketones (excluding diaryl/α,β-unsaturated/α-hetero) is 2. The molecule has 9 N–H and O–H groups in total. The van der Waals surface area contributed by atoms with Gasteiger partial charge in [-0.1, -0.05) is 90.4 Å². The highest BCUT2D eigenvalue weighted by atomic mass is 16.5. The minimum atomic E-state index is -1.43. The van der Waals surface area contributed by atoms with Crippen LogP contribution in [0.2, 0.25) is 0 Å². The lowest BCUT2D eigenvalue weighted by Gasteiger charge is -2.15. The molecule has 0 aliphatic carbocycles. The standard InChI is InChI=1S/C54H93N5O19.H2/c1-40(41(2)60)19-17-18-28-55-46(62)26-22-42(52(69)70)37-43(61)23-24-44(53(71)72)59-50(66)39-78-36-34-76-32-30-57-49(65)38-77-35-33-75-31-29-56-47(63)27-25-45(54(73)74)58-48(64)20-15-13-11-9-7-5-3-4-6-8-10-12-14-16-21-51(67)68;/h40,42,44-45H,3-39H2,1-2H3,(H,55,62)(H,56,63)(H,57,65)(H,58,64)(H,59,66)(H,67,68)(H,69,70)(H,71,72)(H,73,74);1H/t40-,42+,44+,45-;/m0./s1. The number of carboxylic acid groups (broad SMARTS) is 4. The van der Waals surface area contributed by atoms with Crippen molar-refractivity contribution in [3.63, 3.8) is 0 Å². The first kappa shape index (κ1) is 72.4. The number of rotatable bonds is 55. The minimum Gasteiger partial charge on any atom is -0.481 e. The molecule has 0 radical (unpaired) electrons. The van der Waals surface area contributed by atoms with Gasteiger partial charge in [-0.3, -0.25) is 43.2 Å². The summed E-state index contributed by atoms with van der Waals surface area (Å²) in [7, 11) is 0. The summed E-state index contributed by atoms with van der Waals surface area (Å²) < 4.78 is 21.2. The summed E-state index contributed by atoms with van der Waals surface area (Å²) in [5.74, 6) is -8.51. The van der Waals surface area contributed by atoms with Gasteiger partial charge in [-0.15, -0.1) is 0 Å². The molecule has 0 aromatic rings. The Labute approximate surface area is 461 Å². The Balaban J connectivity index is 0. The normalized spacial score (nSPS) is 12.6. The van der Waals surface area contributed by atoms with Crippen LogP contribution in [0.5, 0.6) is 0 Å². The van der Waals surface area contributed by atoms with Crippen molar-refractivity contribution in [1.82, 2.24) is 26.6 Å². The molecule has 450 valence electrons. The molecule has 0 aliphatic rings. The average Bonchev–Trinajstić information content (AvgIpc) is 3.38. The van der Waals surface area contributed by atoms with Crippen LogP contribution in [0.15, 0.2) is 0 Å². The maximum atomic E-state index is 12.6. The molecule has 0 spiro atoms. The van der Waals surface area contributed by atoms with E-state index in [2.05, 4.69) is 26.6 Å². The average molecular weight is 1120 g/mol. The Morgan fingerprint density at radius 2 is 0.821 bits per heavy atom. The molecule has 0 aromatic heterocycles. The summed E-state index contributed by atoms with van der Waals surface area (Å²) in [6, 6.07) is -2.61. The fraction of sp³-hybridized carbons (Fsp3) is 0.796. The number of amides is 5. The number of carbonyl (C=O) groups excluding carboxylic acids is 7. The van der Waals surface area contributed by atoms with Gasteiger partial charge in [-0.05, 0) is 51.9 Å². The number of hydrogen-bond acceptors (Lipinski definition) is 15. The Hall–Kier alpha value is -5.59. The van der Waals surface area contributed by atoms with Crippen molar-refractivity contribution >= 4 is 65.0 Å². The highest BCUT2D eigenvalue weighted by Crippen LogP contribution is 2.17. The predicted molar refractivity (Wildman–Crippen MR) is 287 cm³/mol. The fourth-order valence-electron chi connectivity index (χ4n) is 7.81. The van der Waals surface area contributed by atoms with E-state index in [1.54, 1.807) is 0 Å². The molecule has 0 aromatic carbocycles. The van der Waals surface area contributed by atoms with E-state index < -0.39 is 78.4 Å². The van der Waals surface area contributed by atoms with Gasteiger partial charge in [-0.2, -0.15) is 0 Å². The number of nitrogens with one attached hydrogen (secondary N) is 5. The van der Waals surface area contributed by atoms with Gasteiger partial charge in [0.05, 0.1) is 45.6 Å². The quantitative estimate of drug-likeness (QED) is 0.0378. The lowest BCUT2D eigenvalue weighted by molar-refractivity contribution is -0.145. The second-order valence-electron chi connectivity index (χ2n) is 19.5. The van der Waals surface area contributed by atoms with Crippen molar-refractivity contribution in [3.05, 3.63) is 0 Å². The molecule has 5 amide bonds. The molecule has 0 rings (SSSR count). The first-order chi connectivity index (χ1) is 37.3. The molecule has 0 aliphatic heterocycles. The van der Waals surface area contributed by atoms with Crippen LogP contribution in [0.3, 0.4) is 0 Å².